The van der Waals surface area contributed by atoms with Crippen LogP contribution in [0.3, 0.4) is 0 Å². The van der Waals surface area contributed by atoms with Crippen LogP contribution >= 0.6 is 30.3 Å². The summed E-state index contributed by atoms with van der Waals surface area (Å²) in [4.78, 5) is 10.5. The average Bonchev–Trinajstić information content (AvgIpc) is 2.54. The van der Waals surface area contributed by atoms with Gasteiger partial charge in [-0.2, -0.15) is 0 Å². The zero-order valence-electron chi connectivity index (χ0n) is 15.1. The molecule has 0 aliphatic rings. The Morgan fingerprint density at radius 3 is 2.31 bits per heavy atom. The van der Waals surface area contributed by atoms with Gasteiger partial charge in [-0.1, -0.05) is 36.0 Å². The molecule has 0 spiro atoms. The first kappa shape index (κ1) is 23.6. The van der Waals surface area contributed by atoms with Crippen LogP contribution in [0.1, 0.15) is 32.1 Å². The van der Waals surface area contributed by atoms with E-state index in [4.69, 9.17) is 33.0 Å². The highest BCUT2D eigenvalue weighted by Gasteiger charge is 2.16. The van der Waals surface area contributed by atoms with Crippen LogP contribution in [0.4, 0.5) is 0 Å². The molecule has 0 radical (unpaired) electrons. The third-order valence-corrected chi connectivity index (χ3v) is 7.96. The summed E-state index contributed by atoms with van der Waals surface area (Å²) in [6.07, 6.45) is 3.58. The molecule has 0 aliphatic heterocycles. The van der Waals surface area contributed by atoms with Crippen LogP contribution in [-0.4, -0.2) is 52.6 Å². The largest absolute Gasteiger partial charge is 0.492 e. The zero-order chi connectivity index (χ0) is 19.5. The van der Waals surface area contributed by atoms with Crippen LogP contribution < -0.4 is 4.74 Å². The van der Waals surface area contributed by atoms with Crippen LogP contribution in [0.25, 0.3) is 0 Å². The minimum absolute atomic E-state index is 0.209. The molecule has 0 aromatic heterocycles. The van der Waals surface area contributed by atoms with E-state index >= 15 is 0 Å². The highest BCUT2D eigenvalue weighted by Crippen LogP contribution is 2.33. The Hall–Kier alpha value is -0.390. The Labute approximate surface area is 169 Å². The van der Waals surface area contributed by atoms with Crippen molar-refractivity contribution in [2.45, 2.75) is 32.1 Å². The van der Waals surface area contributed by atoms with E-state index in [1.807, 2.05) is 17.6 Å². The first-order valence-corrected chi connectivity index (χ1v) is 13.1. The van der Waals surface area contributed by atoms with Gasteiger partial charge in [-0.25, -0.2) is 8.51 Å². The normalized spacial score (nSPS) is 12.5. The Morgan fingerprint density at radius 1 is 1.12 bits per heavy atom. The highest BCUT2D eigenvalue weighted by atomic mass is 35.5. The van der Waals surface area contributed by atoms with Gasteiger partial charge in [-0.05, 0) is 51.5 Å². The predicted octanol–water partition coefficient (Wildman–Crippen LogP) is 5.03. The number of carbonyl (C=O) groups is 1. The number of carboxylic acids is 1. The molecule has 1 aromatic carbocycles. The van der Waals surface area contributed by atoms with Crippen molar-refractivity contribution in [1.82, 2.24) is 4.31 Å². The maximum absolute atomic E-state index is 12.5. The lowest BCUT2D eigenvalue weighted by Crippen LogP contribution is -2.30. The lowest BCUT2D eigenvalue weighted by Gasteiger charge is -2.23. The van der Waals surface area contributed by atoms with E-state index < -0.39 is 23.7 Å². The average molecular weight is 442 g/mol. The van der Waals surface area contributed by atoms with Gasteiger partial charge in [-0.3, -0.25) is 4.79 Å². The fourth-order valence-electron chi connectivity index (χ4n) is 2.29. The van der Waals surface area contributed by atoms with Crippen molar-refractivity contribution in [2.75, 3.05) is 33.0 Å². The smallest absolute Gasteiger partial charge is 0.303 e. The van der Waals surface area contributed by atoms with Crippen LogP contribution in [-0.2, 0) is 15.4 Å². The minimum atomic E-state index is -1.02. The monoisotopic (exact) mass is 441 g/mol. The lowest BCUT2D eigenvalue weighted by molar-refractivity contribution is -0.137. The van der Waals surface area contributed by atoms with Gasteiger partial charge in [0.05, 0.1) is 0 Å². The molecule has 1 atom stereocenters. The number of ether oxygens (including phenoxy) is 1. The summed E-state index contributed by atoms with van der Waals surface area (Å²) < 4.78 is 20.1. The standard InChI is InChI=1S/C17H26Cl2NO4PS/c1-25(2)26(23)20(8-6-4-3-5-7-17(21)22)9-10-24-16-12-14(18)11-15(19)13-16/h11-13H,3-10H2,1-2H3,(H,21,22). The molecule has 1 N–H and O–H groups in total. The summed E-state index contributed by atoms with van der Waals surface area (Å²) in [5, 5.41) is 9.67. The summed E-state index contributed by atoms with van der Waals surface area (Å²) >= 11 is 11.9. The Bertz CT molecular complexity index is 584. The maximum Gasteiger partial charge on any atom is 0.303 e. The van der Waals surface area contributed by atoms with Gasteiger partial charge in [0, 0.05) is 29.6 Å². The number of aliphatic carboxylic acids is 1. The van der Waals surface area contributed by atoms with Crippen molar-refractivity contribution >= 4 is 46.9 Å². The van der Waals surface area contributed by atoms with Crippen LogP contribution in [0.5, 0.6) is 5.75 Å². The SMILES string of the molecule is CP(C)S(=O)N(CCCCCCC(=O)O)CCOc1cc(Cl)cc(Cl)c1. The van der Waals surface area contributed by atoms with Crippen molar-refractivity contribution in [2.24, 2.45) is 0 Å². The second kappa shape index (κ2) is 12.9. The van der Waals surface area contributed by atoms with Gasteiger partial charge in [0.1, 0.15) is 23.0 Å². The van der Waals surface area contributed by atoms with Gasteiger partial charge in [-0.15, -0.1) is 0 Å². The molecular weight excluding hydrogens is 416 g/mol. The summed E-state index contributed by atoms with van der Waals surface area (Å²) in [6, 6.07) is 5.04. The van der Waals surface area contributed by atoms with Gasteiger partial charge in [0.2, 0.25) is 0 Å². The lowest BCUT2D eigenvalue weighted by atomic mass is 10.1. The molecule has 5 nitrogen and oxygen atoms in total. The predicted molar refractivity (Wildman–Crippen MR) is 111 cm³/mol. The zero-order valence-corrected chi connectivity index (χ0v) is 18.3. The van der Waals surface area contributed by atoms with Crippen molar-refractivity contribution in [1.29, 1.82) is 0 Å². The Kier molecular flexibility index (Phi) is 11.7. The number of rotatable bonds is 13. The molecule has 0 saturated carbocycles. The van der Waals surface area contributed by atoms with Crippen molar-refractivity contribution < 1.29 is 18.8 Å². The molecule has 1 rings (SSSR count). The van der Waals surface area contributed by atoms with E-state index in [-0.39, 0.29) is 6.42 Å². The summed E-state index contributed by atoms with van der Waals surface area (Å²) in [5.41, 5.74) is 0. The van der Waals surface area contributed by atoms with Gasteiger partial charge in [0.15, 0.2) is 0 Å². The number of carboxylic acid groups (broad SMARTS) is 1. The second-order valence-corrected chi connectivity index (χ2v) is 12.6. The van der Waals surface area contributed by atoms with E-state index in [0.29, 0.717) is 41.9 Å². The maximum atomic E-state index is 12.5. The topological polar surface area (TPSA) is 66.8 Å². The second-order valence-electron chi connectivity index (χ2n) is 5.98. The first-order chi connectivity index (χ1) is 12.3. The third-order valence-electron chi connectivity index (χ3n) is 3.53. The fraction of sp³-hybridized carbons (Fsp3) is 0.588. The molecule has 0 amide bonds. The van der Waals surface area contributed by atoms with Gasteiger partial charge >= 0.3 is 5.97 Å². The van der Waals surface area contributed by atoms with E-state index in [1.54, 1.807) is 18.2 Å². The van der Waals surface area contributed by atoms with Crippen LogP contribution in [0.2, 0.25) is 10.0 Å². The molecule has 0 aliphatic carbocycles. The van der Waals surface area contributed by atoms with Crippen molar-refractivity contribution in [3.8, 4) is 5.75 Å². The Balaban J connectivity index is 2.42. The number of nitrogens with zero attached hydrogens (tertiary/aromatic N) is 1. The van der Waals surface area contributed by atoms with E-state index in [9.17, 15) is 9.00 Å². The molecule has 0 bridgehead atoms. The number of halogens is 2. The summed E-state index contributed by atoms with van der Waals surface area (Å²) in [5.74, 6) is -0.161. The summed E-state index contributed by atoms with van der Waals surface area (Å²) in [7, 11) is -1.61. The fourth-order valence-corrected chi connectivity index (χ4v) is 5.65. The molecule has 0 heterocycles. The van der Waals surface area contributed by atoms with E-state index in [0.717, 1.165) is 19.3 Å². The highest BCUT2D eigenvalue weighted by molar-refractivity contribution is 8.44. The van der Waals surface area contributed by atoms with Gasteiger partial charge < -0.3 is 9.84 Å². The molecule has 1 unspecified atom stereocenters. The molecule has 0 saturated heterocycles. The molecule has 1 aromatic rings. The van der Waals surface area contributed by atoms with E-state index in [2.05, 4.69) is 0 Å². The first-order valence-electron chi connectivity index (χ1n) is 8.44. The summed E-state index contributed by atoms with van der Waals surface area (Å²) in [6.45, 7) is 5.63. The molecule has 9 heteroatoms. The number of unbranched alkanes of at least 4 members (excludes halogenated alkanes) is 3. The quantitative estimate of drug-likeness (QED) is 0.344. The van der Waals surface area contributed by atoms with Crippen molar-refractivity contribution in [3.63, 3.8) is 0 Å². The number of hydrogen-bond acceptors (Lipinski definition) is 3. The number of hydrogen-bond donors (Lipinski definition) is 1. The van der Waals surface area contributed by atoms with Crippen molar-refractivity contribution in [3.05, 3.63) is 28.2 Å². The van der Waals surface area contributed by atoms with Crippen LogP contribution in [0.15, 0.2) is 18.2 Å². The minimum Gasteiger partial charge on any atom is -0.492 e. The molecule has 26 heavy (non-hydrogen) atoms. The van der Waals surface area contributed by atoms with Crippen LogP contribution in [0, 0.1) is 0 Å². The van der Waals surface area contributed by atoms with E-state index in [1.165, 1.54) is 0 Å². The molecule has 0 fully saturated rings. The molecule has 148 valence electrons. The third kappa shape index (κ3) is 10.1. The van der Waals surface area contributed by atoms with Gasteiger partial charge in [0.25, 0.3) is 0 Å². The number of benzene rings is 1. The molecular formula is C17H26Cl2NO4PS. The Morgan fingerprint density at radius 2 is 1.73 bits per heavy atom.